The number of carbonyl (C=O) groups is 1. The number of nitrogens with one attached hydrogen (secondary N) is 1. The fourth-order valence-electron chi connectivity index (χ4n) is 4.56. The normalized spacial score (nSPS) is 43.1. The topological polar surface area (TPSA) is 29.1 Å². The van der Waals surface area contributed by atoms with Crippen LogP contribution in [-0.4, -0.2) is 11.9 Å². The third kappa shape index (κ3) is 2.73. The van der Waals surface area contributed by atoms with E-state index in [1.165, 1.54) is 51.4 Å². The van der Waals surface area contributed by atoms with Gasteiger partial charge in [-0.15, -0.1) is 0 Å². The summed E-state index contributed by atoms with van der Waals surface area (Å²) >= 11 is 0. The summed E-state index contributed by atoms with van der Waals surface area (Å²) in [7, 11) is 0. The lowest BCUT2D eigenvalue weighted by molar-refractivity contribution is -0.123. The van der Waals surface area contributed by atoms with Crippen molar-refractivity contribution in [3.63, 3.8) is 0 Å². The molecular formula is C16H27NO. The minimum atomic E-state index is 0.340. The summed E-state index contributed by atoms with van der Waals surface area (Å²) in [5.41, 5.74) is 0. The van der Waals surface area contributed by atoms with Crippen molar-refractivity contribution in [3.8, 4) is 0 Å². The summed E-state index contributed by atoms with van der Waals surface area (Å²) in [6.07, 6.45) is 11.4. The number of amides is 1. The largest absolute Gasteiger partial charge is 0.353 e. The van der Waals surface area contributed by atoms with E-state index in [9.17, 15) is 4.79 Å². The molecule has 0 aliphatic heterocycles. The number of carbonyl (C=O) groups excluding carboxylic acids is 1. The van der Waals surface area contributed by atoms with Crippen LogP contribution in [-0.2, 0) is 4.79 Å². The van der Waals surface area contributed by atoms with Crippen molar-refractivity contribution in [3.05, 3.63) is 0 Å². The van der Waals surface area contributed by atoms with Crippen LogP contribution in [0.5, 0.6) is 0 Å². The first kappa shape index (κ1) is 12.5. The van der Waals surface area contributed by atoms with Crippen molar-refractivity contribution in [2.45, 2.75) is 70.8 Å². The molecule has 3 aliphatic rings. The lowest BCUT2D eigenvalue weighted by atomic mass is 9.85. The molecule has 0 aromatic rings. The Labute approximate surface area is 111 Å². The van der Waals surface area contributed by atoms with Gasteiger partial charge in [-0.25, -0.2) is 0 Å². The Kier molecular flexibility index (Phi) is 3.63. The summed E-state index contributed by atoms with van der Waals surface area (Å²) in [4.78, 5) is 12.1. The smallest absolute Gasteiger partial charge is 0.220 e. The van der Waals surface area contributed by atoms with E-state index in [0.717, 1.165) is 24.2 Å². The van der Waals surface area contributed by atoms with Gasteiger partial charge in [0.2, 0.25) is 5.91 Å². The van der Waals surface area contributed by atoms with Crippen LogP contribution >= 0.6 is 0 Å². The Morgan fingerprint density at radius 1 is 1.06 bits per heavy atom. The van der Waals surface area contributed by atoms with Crippen molar-refractivity contribution >= 4 is 5.91 Å². The summed E-state index contributed by atoms with van der Waals surface area (Å²) in [5, 5.41) is 3.29. The first-order chi connectivity index (χ1) is 8.70. The monoisotopic (exact) mass is 249 g/mol. The van der Waals surface area contributed by atoms with Gasteiger partial charge in [0.25, 0.3) is 0 Å². The van der Waals surface area contributed by atoms with Crippen LogP contribution in [0.25, 0.3) is 0 Å². The number of hydrogen-bond acceptors (Lipinski definition) is 1. The summed E-state index contributed by atoms with van der Waals surface area (Å²) in [6.45, 7) is 2.33. The predicted octanol–water partition coefficient (Wildman–Crippen LogP) is 3.51. The van der Waals surface area contributed by atoms with Crippen LogP contribution in [0.3, 0.4) is 0 Å². The van der Waals surface area contributed by atoms with Crippen LogP contribution in [0.1, 0.15) is 64.7 Å². The molecular weight excluding hydrogens is 222 g/mol. The fourth-order valence-corrected chi connectivity index (χ4v) is 4.56. The minimum absolute atomic E-state index is 0.340. The second-order valence-electron chi connectivity index (χ2n) is 7.16. The van der Waals surface area contributed by atoms with E-state index in [-0.39, 0.29) is 0 Å². The molecule has 0 radical (unpaired) electrons. The Morgan fingerprint density at radius 2 is 1.83 bits per heavy atom. The molecule has 3 fully saturated rings. The fraction of sp³-hybridized carbons (Fsp3) is 0.938. The first-order valence-electron chi connectivity index (χ1n) is 8.00. The maximum absolute atomic E-state index is 12.1. The highest BCUT2D eigenvalue weighted by atomic mass is 16.1. The number of fused-ring (bicyclic) bond motifs is 2. The summed E-state index contributed by atoms with van der Waals surface area (Å²) in [5.74, 6) is 3.76. The van der Waals surface area contributed by atoms with E-state index < -0.39 is 0 Å². The zero-order valence-corrected chi connectivity index (χ0v) is 11.7. The highest BCUT2D eigenvalue weighted by Crippen LogP contribution is 2.49. The zero-order valence-electron chi connectivity index (χ0n) is 11.7. The van der Waals surface area contributed by atoms with Gasteiger partial charge in [-0.1, -0.05) is 13.3 Å². The van der Waals surface area contributed by atoms with Gasteiger partial charge in [0, 0.05) is 12.5 Å². The molecule has 3 rings (SSSR count). The predicted molar refractivity (Wildman–Crippen MR) is 73.1 cm³/mol. The third-order valence-corrected chi connectivity index (χ3v) is 5.71. The lowest BCUT2D eigenvalue weighted by Gasteiger charge is -2.28. The second kappa shape index (κ2) is 5.22. The molecule has 3 aliphatic carbocycles. The summed E-state index contributed by atoms with van der Waals surface area (Å²) < 4.78 is 0. The van der Waals surface area contributed by atoms with Crippen molar-refractivity contribution < 1.29 is 4.79 Å². The SMILES string of the molecule is CC1CCC(NC(=O)CC2CC3CCC2C3)CC1. The highest BCUT2D eigenvalue weighted by Gasteiger charge is 2.40. The van der Waals surface area contributed by atoms with E-state index in [0.29, 0.717) is 17.9 Å². The Balaban J connectivity index is 1.42. The Morgan fingerprint density at radius 3 is 2.44 bits per heavy atom. The van der Waals surface area contributed by atoms with E-state index in [4.69, 9.17) is 0 Å². The first-order valence-corrected chi connectivity index (χ1v) is 8.00. The van der Waals surface area contributed by atoms with Gasteiger partial charge in [-0.05, 0) is 68.6 Å². The Bertz CT molecular complexity index is 306. The van der Waals surface area contributed by atoms with Crippen molar-refractivity contribution in [2.24, 2.45) is 23.7 Å². The highest BCUT2D eigenvalue weighted by molar-refractivity contribution is 5.76. The van der Waals surface area contributed by atoms with Gasteiger partial charge in [0.15, 0.2) is 0 Å². The zero-order chi connectivity index (χ0) is 12.5. The molecule has 1 N–H and O–H groups in total. The number of hydrogen-bond donors (Lipinski definition) is 1. The quantitative estimate of drug-likeness (QED) is 0.815. The van der Waals surface area contributed by atoms with E-state index >= 15 is 0 Å². The van der Waals surface area contributed by atoms with Gasteiger partial charge in [0.05, 0.1) is 0 Å². The van der Waals surface area contributed by atoms with Crippen molar-refractivity contribution in [2.75, 3.05) is 0 Å². The molecule has 0 spiro atoms. The van der Waals surface area contributed by atoms with E-state index in [1.54, 1.807) is 0 Å². The average molecular weight is 249 g/mol. The Hall–Kier alpha value is -0.530. The molecule has 3 atom stereocenters. The molecule has 0 aromatic heterocycles. The maximum Gasteiger partial charge on any atom is 0.220 e. The van der Waals surface area contributed by atoms with Crippen molar-refractivity contribution in [1.29, 1.82) is 0 Å². The molecule has 18 heavy (non-hydrogen) atoms. The third-order valence-electron chi connectivity index (χ3n) is 5.71. The molecule has 1 amide bonds. The molecule has 2 heteroatoms. The molecule has 0 aromatic carbocycles. The van der Waals surface area contributed by atoms with Crippen LogP contribution in [0.4, 0.5) is 0 Å². The standard InChI is InChI=1S/C16H27NO/c1-11-2-6-15(7-3-11)17-16(18)10-14-9-12-4-5-13(14)8-12/h11-15H,2-10H2,1H3,(H,17,18). The van der Waals surface area contributed by atoms with E-state index in [1.807, 2.05) is 0 Å². The van der Waals surface area contributed by atoms with Crippen LogP contribution < -0.4 is 5.32 Å². The average Bonchev–Trinajstić information content (AvgIpc) is 2.94. The molecule has 2 nitrogen and oxygen atoms in total. The van der Waals surface area contributed by atoms with Gasteiger partial charge >= 0.3 is 0 Å². The molecule has 3 saturated carbocycles. The van der Waals surface area contributed by atoms with E-state index in [2.05, 4.69) is 12.2 Å². The van der Waals surface area contributed by atoms with Crippen molar-refractivity contribution in [1.82, 2.24) is 5.32 Å². The molecule has 3 unspecified atom stereocenters. The molecule has 0 saturated heterocycles. The molecule has 2 bridgehead atoms. The van der Waals surface area contributed by atoms with Crippen LogP contribution in [0, 0.1) is 23.7 Å². The molecule has 102 valence electrons. The van der Waals surface area contributed by atoms with Crippen LogP contribution in [0.2, 0.25) is 0 Å². The lowest BCUT2D eigenvalue weighted by Crippen LogP contribution is -2.38. The maximum atomic E-state index is 12.1. The van der Waals surface area contributed by atoms with Crippen LogP contribution in [0.15, 0.2) is 0 Å². The van der Waals surface area contributed by atoms with Gasteiger partial charge in [-0.3, -0.25) is 4.79 Å². The van der Waals surface area contributed by atoms with Gasteiger partial charge in [-0.2, -0.15) is 0 Å². The minimum Gasteiger partial charge on any atom is -0.353 e. The number of rotatable bonds is 3. The second-order valence-corrected chi connectivity index (χ2v) is 7.16. The summed E-state index contributed by atoms with van der Waals surface area (Å²) in [6, 6.07) is 0.479. The van der Waals surface area contributed by atoms with Gasteiger partial charge in [0.1, 0.15) is 0 Å². The van der Waals surface area contributed by atoms with Gasteiger partial charge < -0.3 is 5.32 Å². The molecule has 0 heterocycles.